The lowest BCUT2D eigenvalue weighted by atomic mass is 10.1. The lowest BCUT2D eigenvalue weighted by Crippen LogP contribution is -2.42. The summed E-state index contributed by atoms with van der Waals surface area (Å²) < 4.78 is 25.6. The predicted octanol–water partition coefficient (Wildman–Crippen LogP) is 3.99. The third-order valence-electron chi connectivity index (χ3n) is 5.40. The highest BCUT2D eigenvalue weighted by Crippen LogP contribution is 2.29. The number of para-hydroxylation sites is 2. The Morgan fingerprint density at radius 1 is 1.12 bits per heavy atom. The summed E-state index contributed by atoms with van der Waals surface area (Å²) in [5.74, 6) is 1.31. The monoisotopic (exact) mass is 450 g/mol. The van der Waals surface area contributed by atoms with Crippen LogP contribution < -0.4 is 19.7 Å². The van der Waals surface area contributed by atoms with E-state index in [4.69, 9.17) is 9.47 Å². The number of rotatable bonds is 8. The SMILES string of the molecule is CCOc1ccccc1O[C@@H]1CCCN(c2ncc(C(=O)NCc3ccccc3F)cn2)C1. The van der Waals surface area contributed by atoms with E-state index in [0.29, 0.717) is 30.2 Å². The molecule has 0 bridgehead atoms. The van der Waals surface area contributed by atoms with E-state index in [1.807, 2.05) is 31.2 Å². The maximum Gasteiger partial charge on any atom is 0.254 e. The van der Waals surface area contributed by atoms with Crippen LogP contribution in [0.2, 0.25) is 0 Å². The Bertz CT molecular complexity index is 1080. The van der Waals surface area contributed by atoms with Crippen LogP contribution >= 0.6 is 0 Å². The number of halogens is 1. The quantitative estimate of drug-likeness (QED) is 0.559. The van der Waals surface area contributed by atoms with Gasteiger partial charge >= 0.3 is 0 Å². The van der Waals surface area contributed by atoms with E-state index in [9.17, 15) is 9.18 Å². The molecule has 3 aromatic rings. The molecule has 0 spiro atoms. The molecule has 8 heteroatoms. The number of ether oxygens (including phenoxy) is 2. The fourth-order valence-corrected chi connectivity index (χ4v) is 3.74. The second-order valence-corrected chi connectivity index (χ2v) is 7.75. The van der Waals surface area contributed by atoms with Gasteiger partial charge in [-0.2, -0.15) is 0 Å². The Morgan fingerprint density at radius 2 is 1.85 bits per heavy atom. The molecule has 2 heterocycles. The van der Waals surface area contributed by atoms with Gasteiger partial charge in [0.05, 0.1) is 18.7 Å². The summed E-state index contributed by atoms with van der Waals surface area (Å²) in [6.07, 6.45) is 4.83. The number of aromatic nitrogens is 2. The second kappa shape index (κ2) is 10.8. The van der Waals surface area contributed by atoms with Crippen LogP contribution in [0.3, 0.4) is 0 Å². The minimum Gasteiger partial charge on any atom is -0.490 e. The zero-order valence-electron chi connectivity index (χ0n) is 18.5. The standard InChI is InChI=1S/C25H27FN4O3/c1-2-32-22-11-5-6-12-23(22)33-20-9-7-13-30(17-20)25-28-15-19(16-29-25)24(31)27-14-18-8-3-4-10-21(18)26/h3-6,8,10-12,15-16,20H,2,7,9,13-14,17H2,1H3,(H,27,31)/t20-/m1/s1. The maximum absolute atomic E-state index is 13.7. The third-order valence-corrected chi connectivity index (χ3v) is 5.40. The van der Waals surface area contributed by atoms with Gasteiger partial charge in [0.2, 0.25) is 5.95 Å². The van der Waals surface area contributed by atoms with Crippen molar-refractivity contribution in [1.82, 2.24) is 15.3 Å². The number of hydrogen-bond acceptors (Lipinski definition) is 6. The van der Waals surface area contributed by atoms with E-state index in [1.165, 1.54) is 18.5 Å². The fourth-order valence-electron chi connectivity index (χ4n) is 3.74. The van der Waals surface area contributed by atoms with Crippen LogP contribution in [0.15, 0.2) is 60.9 Å². The van der Waals surface area contributed by atoms with E-state index in [0.717, 1.165) is 30.9 Å². The summed E-state index contributed by atoms with van der Waals surface area (Å²) >= 11 is 0. The molecule has 33 heavy (non-hydrogen) atoms. The molecule has 0 saturated carbocycles. The third kappa shape index (κ3) is 5.77. The summed E-state index contributed by atoms with van der Waals surface area (Å²) in [6.45, 7) is 4.07. The smallest absolute Gasteiger partial charge is 0.254 e. The molecule has 7 nitrogen and oxygen atoms in total. The van der Waals surface area contributed by atoms with Gasteiger partial charge in [-0.25, -0.2) is 14.4 Å². The Hall–Kier alpha value is -3.68. The zero-order chi connectivity index (χ0) is 23.0. The molecule has 0 aliphatic carbocycles. The first-order valence-electron chi connectivity index (χ1n) is 11.1. The number of hydrogen-bond donors (Lipinski definition) is 1. The minimum atomic E-state index is -0.352. The predicted molar refractivity (Wildman–Crippen MR) is 123 cm³/mol. The molecule has 1 N–H and O–H groups in total. The number of carbonyl (C=O) groups excluding carboxylic acids is 1. The van der Waals surface area contributed by atoms with Gasteiger partial charge in [-0.15, -0.1) is 0 Å². The van der Waals surface area contributed by atoms with Crippen LogP contribution in [0, 0.1) is 5.82 Å². The lowest BCUT2D eigenvalue weighted by molar-refractivity contribution is 0.0950. The van der Waals surface area contributed by atoms with Crippen molar-refractivity contribution >= 4 is 11.9 Å². The Morgan fingerprint density at radius 3 is 2.61 bits per heavy atom. The van der Waals surface area contributed by atoms with Gasteiger partial charge < -0.3 is 19.7 Å². The van der Waals surface area contributed by atoms with Crippen molar-refractivity contribution in [1.29, 1.82) is 0 Å². The van der Waals surface area contributed by atoms with E-state index < -0.39 is 0 Å². The molecule has 0 radical (unpaired) electrons. The van der Waals surface area contributed by atoms with Crippen LogP contribution in [0.1, 0.15) is 35.7 Å². The molecular weight excluding hydrogens is 423 g/mol. The average molecular weight is 451 g/mol. The largest absolute Gasteiger partial charge is 0.490 e. The summed E-state index contributed by atoms with van der Waals surface area (Å²) in [4.78, 5) is 23.2. The van der Waals surface area contributed by atoms with E-state index in [2.05, 4.69) is 20.2 Å². The first-order valence-corrected chi connectivity index (χ1v) is 11.1. The zero-order valence-corrected chi connectivity index (χ0v) is 18.5. The van der Waals surface area contributed by atoms with E-state index >= 15 is 0 Å². The summed E-state index contributed by atoms with van der Waals surface area (Å²) in [5.41, 5.74) is 0.749. The van der Waals surface area contributed by atoms with E-state index in [-0.39, 0.29) is 24.4 Å². The van der Waals surface area contributed by atoms with Gasteiger partial charge in [0.15, 0.2) is 11.5 Å². The fraction of sp³-hybridized carbons (Fsp3) is 0.320. The van der Waals surface area contributed by atoms with E-state index in [1.54, 1.807) is 18.2 Å². The summed E-state index contributed by atoms with van der Waals surface area (Å²) in [6, 6.07) is 14.0. The number of anilines is 1. The maximum atomic E-state index is 13.7. The Labute approximate surface area is 192 Å². The molecule has 0 unspecified atom stereocenters. The number of amides is 1. The van der Waals surface area contributed by atoms with Crippen LogP contribution in [-0.2, 0) is 6.54 Å². The normalized spacial score (nSPS) is 15.7. The van der Waals surface area contributed by atoms with Crippen molar-refractivity contribution in [3.8, 4) is 11.5 Å². The van der Waals surface area contributed by atoms with Crippen molar-refractivity contribution in [3.63, 3.8) is 0 Å². The van der Waals surface area contributed by atoms with Crippen molar-refractivity contribution in [2.24, 2.45) is 0 Å². The van der Waals surface area contributed by atoms with Gasteiger partial charge in [0.1, 0.15) is 11.9 Å². The average Bonchev–Trinajstić information content (AvgIpc) is 2.85. The molecule has 1 aliphatic rings. The molecule has 2 aromatic carbocycles. The molecular formula is C25H27FN4O3. The first kappa shape index (κ1) is 22.5. The van der Waals surface area contributed by atoms with Crippen LogP contribution in [0.25, 0.3) is 0 Å². The van der Waals surface area contributed by atoms with Crippen molar-refractivity contribution in [2.75, 3.05) is 24.6 Å². The first-order chi connectivity index (χ1) is 16.1. The lowest BCUT2D eigenvalue weighted by Gasteiger charge is -2.33. The molecule has 1 saturated heterocycles. The summed E-state index contributed by atoms with van der Waals surface area (Å²) in [5, 5.41) is 2.70. The van der Waals surface area contributed by atoms with Gasteiger partial charge in [-0.05, 0) is 38.0 Å². The van der Waals surface area contributed by atoms with Crippen LogP contribution in [0.4, 0.5) is 10.3 Å². The Balaban J connectivity index is 1.35. The highest BCUT2D eigenvalue weighted by molar-refractivity contribution is 5.93. The van der Waals surface area contributed by atoms with Gasteiger partial charge in [-0.3, -0.25) is 4.79 Å². The van der Waals surface area contributed by atoms with Gasteiger partial charge in [0, 0.05) is 31.0 Å². The van der Waals surface area contributed by atoms with Crippen LogP contribution in [-0.4, -0.2) is 41.7 Å². The summed E-state index contributed by atoms with van der Waals surface area (Å²) in [7, 11) is 0. The number of nitrogens with zero attached hydrogens (tertiary/aromatic N) is 3. The molecule has 4 rings (SSSR count). The van der Waals surface area contributed by atoms with Crippen molar-refractivity contribution in [2.45, 2.75) is 32.4 Å². The van der Waals surface area contributed by atoms with Gasteiger partial charge in [0.25, 0.3) is 5.91 Å². The minimum absolute atomic E-state index is 0.0206. The van der Waals surface area contributed by atoms with Gasteiger partial charge in [-0.1, -0.05) is 30.3 Å². The highest BCUT2D eigenvalue weighted by atomic mass is 19.1. The second-order valence-electron chi connectivity index (χ2n) is 7.75. The molecule has 1 aliphatic heterocycles. The number of piperidine rings is 1. The number of carbonyl (C=O) groups is 1. The number of nitrogens with one attached hydrogen (secondary N) is 1. The molecule has 1 atom stereocenters. The molecule has 1 aromatic heterocycles. The van der Waals surface area contributed by atoms with Crippen LogP contribution in [0.5, 0.6) is 11.5 Å². The number of benzene rings is 2. The molecule has 1 fully saturated rings. The van der Waals surface area contributed by atoms with Crippen molar-refractivity contribution < 1.29 is 18.7 Å². The highest BCUT2D eigenvalue weighted by Gasteiger charge is 2.24. The Kier molecular flexibility index (Phi) is 7.34. The molecule has 1 amide bonds. The van der Waals surface area contributed by atoms with Crippen molar-refractivity contribution in [3.05, 3.63) is 77.9 Å². The molecule has 172 valence electrons. The topological polar surface area (TPSA) is 76.6 Å².